The number of nitrogens with zero attached hydrogens (tertiary/aromatic N) is 3. The lowest BCUT2D eigenvalue weighted by molar-refractivity contribution is 0.0635. The van der Waals surface area contributed by atoms with Gasteiger partial charge < -0.3 is 4.90 Å². The predicted octanol–water partition coefficient (Wildman–Crippen LogP) is 3.16. The van der Waals surface area contributed by atoms with Crippen LogP contribution in [0.15, 0.2) is 54.7 Å². The largest absolute Gasteiger partial charge is 0.354 e. The predicted molar refractivity (Wildman–Crippen MR) is 92.9 cm³/mol. The number of ketones is 1. The van der Waals surface area contributed by atoms with E-state index in [2.05, 4.69) is 9.88 Å². The van der Waals surface area contributed by atoms with Crippen LogP contribution in [0.5, 0.6) is 0 Å². The Bertz CT molecular complexity index is 642. The summed E-state index contributed by atoms with van der Waals surface area (Å²) in [6.45, 7) is 2.81. The van der Waals surface area contributed by atoms with E-state index in [9.17, 15) is 9.18 Å². The van der Waals surface area contributed by atoms with Crippen LogP contribution in [0.25, 0.3) is 0 Å². The Morgan fingerprint density at radius 3 is 2.42 bits per heavy atom. The molecule has 0 bridgehead atoms. The van der Waals surface area contributed by atoms with Gasteiger partial charge in [-0.2, -0.15) is 0 Å². The monoisotopic (exact) mass is 327 g/mol. The zero-order valence-electron chi connectivity index (χ0n) is 13.6. The summed E-state index contributed by atoms with van der Waals surface area (Å²) in [5.74, 6) is 0.942. The Balaban J connectivity index is 1.45. The number of hydrogen-bond donors (Lipinski definition) is 0. The third-order valence-electron chi connectivity index (χ3n) is 4.39. The molecule has 1 atom stereocenters. The van der Waals surface area contributed by atoms with Crippen molar-refractivity contribution in [2.75, 3.05) is 31.1 Å². The molecular weight excluding hydrogens is 305 g/mol. The topological polar surface area (TPSA) is 36.4 Å². The highest BCUT2D eigenvalue weighted by Crippen LogP contribution is 2.17. The highest BCUT2D eigenvalue weighted by Gasteiger charge is 2.24. The molecule has 0 spiro atoms. The minimum Gasteiger partial charge on any atom is -0.354 e. The van der Waals surface area contributed by atoms with E-state index in [1.165, 1.54) is 0 Å². The Morgan fingerprint density at radius 2 is 1.75 bits per heavy atom. The third-order valence-corrected chi connectivity index (χ3v) is 4.39. The molecule has 1 saturated heterocycles. The van der Waals surface area contributed by atoms with Crippen molar-refractivity contribution in [1.29, 1.82) is 0 Å². The molecule has 24 heavy (non-hydrogen) atoms. The van der Waals surface area contributed by atoms with E-state index in [-0.39, 0.29) is 18.6 Å². The van der Waals surface area contributed by atoms with Gasteiger partial charge in [-0.3, -0.25) is 9.69 Å². The molecule has 1 unspecified atom stereocenters. The fourth-order valence-electron chi connectivity index (χ4n) is 2.97. The molecule has 0 aliphatic carbocycles. The zero-order valence-corrected chi connectivity index (χ0v) is 13.6. The van der Waals surface area contributed by atoms with E-state index in [1.54, 1.807) is 18.3 Å². The number of carbonyl (C=O) groups is 1. The minimum absolute atomic E-state index is 0.00497. The van der Waals surface area contributed by atoms with Crippen molar-refractivity contribution in [1.82, 2.24) is 9.88 Å². The van der Waals surface area contributed by atoms with Crippen LogP contribution < -0.4 is 4.90 Å². The number of piperazine rings is 1. The van der Waals surface area contributed by atoms with Gasteiger partial charge in [-0.05, 0) is 18.6 Å². The summed E-state index contributed by atoms with van der Waals surface area (Å²) in [4.78, 5) is 20.4. The molecule has 3 rings (SSSR count). The average Bonchev–Trinajstić information content (AvgIpc) is 2.67. The summed E-state index contributed by atoms with van der Waals surface area (Å²) < 4.78 is 14.4. The number of alkyl halides is 1. The fraction of sp³-hybridized carbons (Fsp3) is 0.368. The van der Waals surface area contributed by atoms with Crippen LogP contribution in [0.3, 0.4) is 0 Å². The van der Waals surface area contributed by atoms with Crippen LogP contribution >= 0.6 is 0 Å². The van der Waals surface area contributed by atoms with Gasteiger partial charge in [0, 0.05) is 44.4 Å². The lowest BCUT2D eigenvalue weighted by atomic mass is 10.1. The molecule has 1 aliphatic heterocycles. The first-order valence-electron chi connectivity index (χ1n) is 8.36. The van der Waals surface area contributed by atoms with Crippen LogP contribution in [0.1, 0.15) is 23.2 Å². The molecule has 1 fully saturated rings. The first-order valence-corrected chi connectivity index (χ1v) is 8.36. The molecule has 5 heteroatoms. The number of rotatable bonds is 6. The standard InChI is InChI=1S/C19H22FN3O/c20-18(10-9-17(24)16-6-2-1-3-7-16)22-12-14-23(15-13-22)19-8-4-5-11-21-19/h1-8,11,18H,9-10,12-15H2. The van der Waals surface area contributed by atoms with Crippen molar-refractivity contribution in [2.24, 2.45) is 0 Å². The SMILES string of the molecule is O=C(CCC(F)N1CCN(c2ccccn2)CC1)c1ccccc1. The number of halogens is 1. The van der Waals surface area contributed by atoms with E-state index in [1.807, 2.05) is 41.3 Å². The van der Waals surface area contributed by atoms with Crippen molar-refractivity contribution in [2.45, 2.75) is 19.1 Å². The number of pyridine rings is 1. The number of benzene rings is 1. The van der Waals surface area contributed by atoms with Gasteiger partial charge in [-0.15, -0.1) is 0 Å². The first kappa shape index (κ1) is 16.6. The molecule has 126 valence electrons. The molecule has 4 nitrogen and oxygen atoms in total. The number of Topliss-reactive ketones (excluding diaryl/α,β-unsaturated/α-hetero) is 1. The van der Waals surface area contributed by atoms with E-state index in [0.29, 0.717) is 18.7 Å². The van der Waals surface area contributed by atoms with Crippen LogP contribution in [0.4, 0.5) is 10.2 Å². The van der Waals surface area contributed by atoms with E-state index in [4.69, 9.17) is 0 Å². The molecule has 0 amide bonds. The van der Waals surface area contributed by atoms with Crippen molar-refractivity contribution in [3.8, 4) is 0 Å². The van der Waals surface area contributed by atoms with Crippen LogP contribution in [-0.4, -0.2) is 48.1 Å². The summed E-state index contributed by atoms with van der Waals surface area (Å²) >= 11 is 0. The fourth-order valence-corrected chi connectivity index (χ4v) is 2.97. The lowest BCUT2D eigenvalue weighted by Crippen LogP contribution is -2.49. The second kappa shape index (κ2) is 8.02. The Labute approximate surface area is 141 Å². The maximum atomic E-state index is 14.4. The van der Waals surface area contributed by atoms with E-state index >= 15 is 0 Å². The maximum Gasteiger partial charge on any atom is 0.163 e. The van der Waals surface area contributed by atoms with Gasteiger partial charge in [0.1, 0.15) is 5.82 Å². The molecule has 0 N–H and O–H groups in total. The van der Waals surface area contributed by atoms with Gasteiger partial charge in [0.15, 0.2) is 12.1 Å². The van der Waals surface area contributed by atoms with Crippen LogP contribution in [0, 0.1) is 0 Å². The van der Waals surface area contributed by atoms with Gasteiger partial charge in [0.25, 0.3) is 0 Å². The minimum atomic E-state index is -1.07. The molecule has 1 aliphatic rings. The molecule has 0 saturated carbocycles. The summed E-state index contributed by atoms with van der Waals surface area (Å²) in [7, 11) is 0. The van der Waals surface area contributed by atoms with Gasteiger partial charge in [0.05, 0.1) is 0 Å². The van der Waals surface area contributed by atoms with Gasteiger partial charge >= 0.3 is 0 Å². The summed E-state index contributed by atoms with van der Waals surface area (Å²) in [5.41, 5.74) is 0.657. The number of carbonyl (C=O) groups excluding carboxylic acids is 1. The molecule has 2 heterocycles. The lowest BCUT2D eigenvalue weighted by Gasteiger charge is -2.36. The summed E-state index contributed by atoms with van der Waals surface area (Å²) in [5, 5.41) is 0. The van der Waals surface area contributed by atoms with Gasteiger partial charge in [0.2, 0.25) is 0 Å². The Hall–Kier alpha value is -2.27. The second-order valence-corrected chi connectivity index (χ2v) is 5.97. The normalized spacial score (nSPS) is 16.8. The van der Waals surface area contributed by atoms with Gasteiger partial charge in [-0.25, -0.2) is 9.37 Å². The van der Waals surface area contributed by atoms with Crippen LogP contribution in [0.2, 0.25) is 0 Å². The Kier molecular flexibility index (Phi) is 5.54. The van der Waals surface area contributed by atoms with Crippen molar-refractivity contribution in [3.63, 3.8) is 0 Å². The number of hydrogen-bond acceptors (Lipinski definition) is 4. The molecule has 1 aromatic heterocycles. The second-order valence-electron chi connectivity index (χ2n) is 5.97. The van der Waals surface area contributed by atoms with Crippen molar-refractivity contribution >= 4 is 11.6 Å². The quantitative estimate of drug-likeness (QED) is 0.603. The first-order chi connectivity index (χ1) is 11.7. The summed E-state index contributed by atoms with van der Waals surface area (Å²) in [6, 6.07) is 14.9. The highest BCUT2D eigenvalue weighted by molar-refractivity contribution is 5.95. The number of aromatic nitrogens is 1. The van der Waals surface area contributed by atoms with E-state index < -0.39 is 6.30 Å². The van der Waals surface area contributed by atoms with Crippen molar-refractivity contribution in [3.05, 3.63) is 60.3 Å². The Morgan fingerprint density at radius 1 is 1.04 bits per heavy atom. The van der Waals surface area contributed by atoms with Gasteiger partial charge in [-0.1, -0.05) is 36.4 Å². The van der Waals surface area contributed by atoms with Crippen molar-refractivity contribution < 1.29 is 9.18 Å². The van der Waals surface area contributed by atoms with Crippen LogP contribution in [-0.2, 0) is 0 Å². The maximum absolute atomic E-state index is 14.4. The number of anilines is 1. The molecule has 0 radical (unpaired) electrons. The third kappa shape index (κ3) is 4.17. The molecule has 2 aromatic rings. The molecular formula is C19H22FN3O. The smallest absolute Gasteiger partial charge is 0.163 e. The summed E-state index contributed by atoms with van der Waals surface area (Å²) in [6.07, 6.45) is 1.20. The molecule has 1 aromatic carbocycles. The average molecular weight is 327 g/mol. The van der Waals surface area contributed by atoms with E-state index in [0.717, 1.165) is 18.9 Å². The zero-order chi connectivity index (χ0) is 16.8. The highest BCUT2D eigenvalue weighted by atomic mass is 19.1.